The van der Waals surface area contributed by atoms with E-state index in [1.807, 2.05) is 6.92 Å². The second-order valence-electron chi connectivity index (χ2n) is 10.4. The minimum atomic E-state index is -0.652. The van der Waals surface area contributed by atoms with Crippen molar-refractivity contribution in [1.82, 2.24) is 0 Å². The van der Waals surface area contributed by atoms with E-state index in [1.54, 1.807) is 80.6 Å². The third-order valence-corrected chi connectivity index (χ3v) is 6.18. The van der Waals surface area contributed by atoms with Crippen molar-refractivity contribution in [3.05, 3.63) is 120 Å². The Hall–Kier alpha value is -5.76. The lowest BCUT2D eigenvalue weighted by atomic mass is 10.00. The van der Waals surface area contributed by atoms with Crippen LogP contribution in [0, 0.1) is 6.92 Å². The van der Waals surface area contributed by atoms with Crippen LogP contribution in [0.1, 0.15) is 44.4 Å². The highest BCUT2D eigenvalue weighted by atomic mass is 16.5. The lowest BCUT2D eigenvalue weighted by molar-refractivity contribution is -0.131. The highest BCUT2D eigenvalue weighted by Gasteiger charge is 2.19. The van der Waals surface area contributed by atoms with E-state index in [2.05, 4.69) is 26.3 Å². The summed E-state index contributed by atoms with van der Waals surface area (Å²) >= 11 is 0. The number of rotatable bonds is 11. The predicted octanol–water partition coefficient (Wildman–Crippen LogP) is 7.76. The summed E-state index contributed by atoms with van der Waals surface area (Å²) in [4.78, 5) is 49.1. The second-order valence-corrected chi connectivity index (χ2v) is 10.4. The van der Waals surface area contributed by atoms with E-state index < -0.39 is 23.9 Å². The highest BCUT2D eigenvalue weighted by Crippen LogP contribution is 2.39. The summed E-state index contributed by atoms with van der Waals surface area (Å²) in [5.41, 5.74) is 3.90. The normalized spacial score (nSPS) is 10.5. The largest absolute Gasteiger partial charge is 0.423 e. The van der Waals surface area contributed by atoms with E-state index in [9.17, 15) is 19.2 Å². The molecule has 0 radical (unpaired) electrons. The van der Waals surface area contributed by atoms with Crippen LogP contribution in [-0.4, -0.2) is 23.9 Å². The van der Waals surface area contributed by atoms with E-state index in [4.69, 9.17) is 18.9 Å². The Morgan fingerprint density at radius 2 is 0.978 bits per heavy atom. The van der Waals surface area contributed by atoms with Crippen LogP contribution in [0.5, 0.6) is 23.0 Å². The minimum absolute atomic E-state index is 0.170. The van der Waals surface area contributed by atoms with Crippen molar-refractivity contribution < 1.29 is 38.1 Å². The molecule has 8 heteroatoms. The molecule has 0 bridgehead atoms. The molecule has 3 rings (SSSR count). The summed E-state index contributed by atoms with van der Waals surface area (Å²) < 4.78 is 22.0. The van der Waals surface area contributed by atoms with Crippen LogP contribution in [0.15, 0.2) is 103 Å². The maximum Gasteiger partial charge on any atom is 0.338 e. The second kappa shape index (κ2) is 14.6. The van der Waals surface area contributed by atoms with Gasteiger partial charge in [0.05, 0.1) is 0 Å². The molecule has 3 aromatic rings. The molecule has 8 nitrogen and oxygen atoms in total. The summed E-state index contributed by atoms with van der Waals surface area (Å²) in [6.45, 7) is 22.5. The van der Waals surface area contributed by atoms with Gasteiger partial charge >= 0.3 is 23.9 Å². The van der Waals surface area contributed by atoms with E-state index in [0.29, 0.717) is 22.4 Å². The molecule has 0 unspecified atom stereocenters. The number of carbonyl (C=O) groups is 4. The maximum atomic E-state index is 12.6. The zero-order valence-electron chi connectivity index (χ0n) is 25.9. The molecule has 0 spiro atoms. The fourth-order valence-corrected chi connectivity index (χ4v) is 3.65. The smallest absolute Gasteiger partial charge is 0.338 e. The van der Waals surface area contributed by atoms with Crippen LogP contribution < -0.4 is 18.9 Å². The molecule has 0 aliphatic carbocycles. The van der Waals surface area contributed by atoms with Crippen molar-refractivity contribution >= 4 is 36.0 Å². The standard InChI is InChI=1S/C37H34O8/c1-21(2)34(38)42-29-15-13-27(14-16-29)31-20-32(44-36(40)23(5)6)28(19-33(31)45-37(41)24(7)8)11-10-26-12-17-30(18-25(26)9)43-35(39)22(3)4/h10-20H,1,3,5,7H2,2,4,6,8-9H3/b11-10+. The van der Waals surface area contributed by atoms with Gasteiger partial charge in [-0.15, -0.1) is 0 Å². The van der Waals surface area contributed by atoms with Crippen LogP contribution in [0.25, 0.3) is 23.3 Å². The lowest BCUT2D eigenvalue weighted by Crippen LogP contribution is -2.11. The Labute approximate surface area is 262 Å². The van der Waals surface area contributed by atoms with Crippen LogP contribution in [0.2, 0.25) is 0 Å². The molecule has 0 amide bonds. The average Bonchev–Trinajstić information content (AvgIpc) is 2.97. The van der Waals surface area contributed by atoms with Crippen molar-refractivity contribution in [1.29, 1.82) is 0 Å². The molecule has 230 valence electrons. The van der Waals surface area contributed by atoms with Gasteiger partial charge in [-0.05, 0) is 87.7 Å². The summed E-state index contributed by atoms with van der Waals surface area (Å²) in [7, 11) is 0. The molecule has 0 heterocycles. The van der Waals surface area contributed by atoms with E-state index in [1.165, 1.54) is 13.8 Å². The number of hydrogen-bond acceptors (Lipinski definition) is 8. The summed E-state index contributed by atoms with van der Waals surface area (Å²) in [6.07, 6.45) is 3.48. The van der Waals surface area contributed by atoms with Gasteiger partial charge in [0, 0.05) is 33.4 Å². The Kier molecular flexibility index (Phi) is 11.0. The molecule has 0 aliphatic rings. The first-order valence-corrected chi connectivity index (χ1v) is 13.7. The highest BCUT2D eigenvalue weighted by molar-refractivity contribution is 5.93. The third kappa shape index (κ3) is 9.11. The third-order valence-electron chi connectivity index (χ3n) is 6.18. The zero-order chi connectivity index (χ0) is 33.4. The molecular formula is C37H34O8. The molecule has 45 heavy (non-hydrogen) atoms. The van der Waals surface area contributed by atoms with E-state index >= 15 is 0 Å². The van der Waals surface area contributed by atoms with Gasteiger partial charge in [-0.1, -0.05) is 56.7 Å². The number of aryl methyl sites for hydroxylation is 1. The predicted molar refractivity (Wildman–Crippen MR) is 174 cm³/mol. The molecule has 3 aromatic carbocycles. The minimum Gasteiger partial charge on any atom is -0.423 e. The van der Waals surface area contributed by atoms with Gasteiger partial charge in [0.1, 0.15) is 23.0 Å². The van der Waals surface area contributed by atoms with Crippen LogP contribution in [0.4, 0.5) is 0 Å². The lowest BCUT2D eigenvalue weighted by Gasteiger charge is -2.16. The molecule has 0 saturated carbocycles. The number of benzene rings is 3. The fourth-order valence-electron chi connectivity index (χ4n) is 3.65. The summed E-state index contributed by atoms with van der Waals surface area (Å²) in [5.74, 6) is -1.40. The maximum absolute atomic E-state index is 12.6. The van der Waals surface area contributed by atoms with Crippen molar-refractivity contribution in [2.75, 3.05) is 0 Å². The van der Waals surface area contributed by atoms with Gasteiger partial charge in [0.25, 0.3) is 0 Å². The van der Waals surface area contributed by atoms with Gasteiger partial charge in [0.2, 0.25) is 0 Å². The van der Waals surface area contributed by atoms with Crippen molar-refractivity contribution in [2.24, 2.45) is 0 Å². The van der Waals surface area contributed by atoms with Crippen molar-refractivity contribution in [2.45, 2.75) is 34.6 Å². The van der Waals surface area contributed by atoms with E-state index in [0.717, 1.165) is 11.1 Å². The van der Waals surface area contributed by atoms with Gasteiger partial charge in [-0.25, -0.2) is 19.2 Å². The first-order valence-electron chi connectivity index (χ1n) is 13.7. The molecule has 0 N–H and O–H groups in total. The van der Waals surface area contributed by atoms with Gasteiger partial charge in [-0.3, -0.25) is 0 Å². The molecule has 0 fully saturated rings. The van der Waals surface area contributed by atoms with Gasteiger partial charge < -0.3 is 18.9 Å². The Morgan fingerprint density at radius 1 is 0.533 bits per heavy atom. The summed E-state index contributed by atoms with van der Waals surface area (Å²) in [6, 6.07) is 14.8. The Morgan fingerprint density at radius 3 is 1.49 bits per heavy atom. The monoisotopic (exact) mass is 606 g/mol. The fraction of sp³-hybridized carbons (Fsp3) is 0.135. The first-order chi connectivity index (χ1) is 21.2. The van der Waals surface area contributed by atoms with Gasteiger partial charge in [0.15, 0.2) is 0 Å². The molecule has 0 aliphatic heterocycles. The zero-order valence-corrected chi connectivity index (χ0v) is 25.9. The Bertz CT molecular complexity index is 1770. The quantitative estimate of drug-likeness (QED) is 0.0944. The van der Waals surface area contributed by atoms with Crippen molar-refractivity contribution in [3.63, 3.8) is 0 Å². The molecular weight excluding hydrogens is 572 g/mol. The first kappa shape index (κ1) is 33.7. The number of esters is 4. The topological polar surface area (TPSA) is 105 Å². The molecule has 0 saturated heterocycles. The number of hydrogen-bond donors (Lipinski definition) is 0. The van der Waals surface area contributed by atoms with E-state index in [-0.39, 0.29) is 39.5 Å². The Balaban J connectivity index is 2.12. The number of ether oxygens (including phenoxy) is 4. The van der Waals surface area contributed by atoms with Crippen LogP contribution in [-0.2, 0) is 19.2 Å². The van der Waals surface area contributed by atoms with Gasteiger partial charge in [-0.2, -0.15) is 0 Å². The molecule has 0 aromatic heterocycles. The average molecular weight is 607 g/mol. The SMILES string of the molecule is C=C(C)C(=O)Oc1ccc(-c2cc(OC(=O)C(=C)C)c(/C=C/c3ccc(OC(=O)C(=C)C)cc3C)cc2OC(=O)C(=C)C)cc1. The molecule has 0 atom stereocenters. The van der Waals surface area contributed by atoms with Crippen LogP contribution in [0.3, 0.4) is 0 Å². The summed E-state index contributed by atoms with van der Waals surface area (Å²) in [5, 5.41) is 0. The van der Waals surface area contributed by atoms with Crippen LogP contribution >= 0.6 is 0 Å². The number of carbonyl (C=O) groups excluding carboxylic acids is 4. The van der Waals surface area contributed by atoms with Crippen molar-refractivity contribution in [3.8, 4) is 34.1 Å².